The van der Waals surface area contributed by atoms with Crippen molar-refractivity contribution in [1.82, 2.24) is 20.2 Å². The standard InChI is InChI=1S/C24H26N4O4/c1-4-6-7-9-16(5-2)22(30)25-14-17-10-8-11-18-21(17)24(32)28(15(3)26-18)19-12-13-20(29)27-23(19)31/h5-11,19H,2,4,12-14H2,1,3H3,(H,25,30)(H,27,29,31)/b7-6-,16-9+. The van der Waals surface area contributed by atoms with E-state index in [-0.39, 0.29) is 36.8 Å². The summed E-state index contributed by atoms with van der Waals surface area (Å²) in [6.45, 7) is 7.44. The minimum Gasteiger partial charge on any atom is -0.348 e. The zero-order valence-electron chi connectivity index (χ0n) is 18.2. The average molecular weight is 434 g/mol. The highest BCUT2D eigenvalue weighted by atomic mass is 16.2. The SMILES string of the molecule is C=C/C(=C\C=C/CC)C(=O)NCc1cccc2nc(C)n(C3CCC(=O)NC3=O)c(=O)c12. The van der Waals surface area contributed by atoms with Crippen molar-refractivity contribution in [3.05, 3.63) is 76.4 Å². The normalized spacial score (nSPS) is 16.9. The summed E-state index contributed by atoms with van der Waals surface area (Å²) >= 11 is 0. The topological polar surface area (TPSA) is 110 Å². The highest BCUT2D eigenvalue weighted by Crippen LogP contribution is 2.21. The number of fused-ring (bicyclic) bond motifs is 1. The highest BCUT2D eigenvalue weighted by molar-refractivity contribution is 5.99. The van der Waals surface area contributed by atoms with Gasteiger partial charge in [0.15, 0.2) is 0 Å². The minimum absolute atomic E-state index is 0.105. The number of aromatic nitrogens is 2. The van der Waals surface area contributed by atoms with E-state index in [4.69, 9.17) is 0 Å². The van der Waals surface area contributed by atoms with Crippen molar-refractivity contribution in [3.8, 4) is 0 Å². The van der Waals surface area contributed by atoms with Gasteiger partial charge in [0, 0.05) is 18.5 Å². The number of allylic oxidation sites excluding steroid dienone is 3. The summed E-state index contributed by atoms with van der Waals surface area (Å²) in [6.07, 6.45) is 8.10. The second kappa shape index (κ2) is 10.00. The molecule has 1 fully saturated rings. The number of carbonyl (C=O) groups excluding carboxylic acids is 3. The van der Waals surface area contributed by atoms with E-state index in [0.29, 0.717) is 27.9 Å². The fourth-order valence-electron chi connectivity index (χ4n) is 3.69. The molecule has 2 N–H and O–H groups in total. The molecule has 0 aliphatic carbocycles. The Kier molecular flexibility index (Phi) is 7.14. The molecular weight excluding hydrogens is 408 g/mol. The van der Waals surface area contributed by atoms with Crippen molar-refractivity contribution in [2.75, 3.05) is 0 Å². The second-order valence-electron chi connectivity index (χ2n) is 7.46. The molecule has 32 heavy (non-hydrogen) atoms. The molecule has 8 heteroatoms. The molecule has 1 aliphatic rings. The summed E-state index contributed by atoms with van der Waals surface area (Å²) in [5, 5.41) is 5.43. The van der Waals surface area contributed by atoms with E-state index < -0.39 is 11.9 Å². The molecule has 1 atom stereocenters. The van der Waals surface area contributed by atoms with E-state index >= 15 is 0 Å². The molecule has 2 heterocycles. The first-order chi connectivity index (χ1) is 15.4. The Hall–Kier alpha value is -3.81. The Balaban J connectivity index is 1.96. The lowest BCUT2D eigenvalue weighted by atomic mass is 10.0. The van der Waals surface area contributed by atoms with Gasteiger partial charge in [-0.3, -0.25) is 29.1 Å². The molecule has 0 spiro atoms. The van der Waals surface area contributed by atoms with Gasteiger partial charge in [-0.1, -0.05) is 43.9 Å². The maximum atomic E-state index is 13.4. The predicted molar refractivity (Wildman–Crippen MR) is 122 cm³/mol. The van der Waals surface area contributed by atoms with Gasteiger partial charge >= 0.3 is 0 Å². The summed E-state index contributed by atoms with van der Waals surface area (Å²) in [5.41, 5.74) is 1.09. The number of hydrogen-bond donors (Lipinski definition) is 2. The summed E-state index contributed by atoms with van der Waals surface area (Å²) in [4.78, 5) is 54.3. The lowest BCUT2D eigenvalue weighted by Gasteiger charge is -2.24. The zero-order valence-corrected chi connectivity index (χ0v) is 18.2. The quantitative estimate of drug-likeness (QED) is 0.395. The number of piperidine rings is 1. The number of hydrogen-bond acceptors (Lipinski definition) is 5. The van der Waals surface area contributed by atoms with Gasteiger partial charge in [0.2, 0.25) is 11.8 Å². The Morgan fingerprint density at radius 1 is 1.34 bits per heavy atom. The van der Waals surface area contributed by atoms with Crippen LogP contribution >= 0.6 is 0 Å². The van der Waals surface area contributed by atoms with Crippen LogP contribution in [0.1, 0.15) is 43.6 Å². The van der Waals surface area contributed by atoms with Crippen LogP contribution in [0.25, 0.3) is 10.9 Å². The summed E-state index contributed by atoms with van der Waals surface area (Å²) < 4.78 is 1.33. The number of carbonyl (C=O) groups is 3. The van der Waals surface area contributed by atoms with Gasteiger partial charge in [0.1, 0.15) is 11.9 Å². The van der Waals surface area contributed by atoms with Crippen LogP contribution < -0.4 is 16.2 Å². The molecule has 1 aliphatic heterocycles. The third-order valence-corrected chi connectivity index (χ3v) is 5.28. The molecule has 0 bridgehead atoms. The molecule has 1 aromatic heterocycles. The molecule has 2 aromatic rings. The Morgan fingerprint density at radius 3 is 2.81 bits per heavy atom. The average Bonchev–Trinajstić information content (AvgIpc) is 2.76. The fraction of sp³-hybridized carbons (Fsp3) is 0.292. The van der Waals surface area contributed by atoms with Crippen molar-refractivity contribution < 1.29 is 14.4 Å². The van der Waals surface area contributed by atoms with Gasteiger partial charge in [-0.05, 0) is 37.5 Å². The van der Waals surface area contributed by atoms with E-state index in [1.165, 1.54) is 10.6 Å². The Bertz CT molecular complexity index is 1210. The van der Waals surface area contributed by atoms with E-state index in [0.717, 1.165) is 6.42 Å². The van der Waals surface area contributed by atoms with Gasteiger partial charge in [0.25, 0.3) is 11.5 Å². The Labute approximate surface area is 185 Å². The van der Waals surface area contributed by atoms with Crippen LogP contribution in [0.15, 0.2) is 59.4 Å². The van der Waals surface area contributed by atoms with E-state index in [9.17, 15) is 19.2 Å². The van der Waals surface area contributed by atoms with Gasteiger partial charge in [-0.25, -0.2) is 4.98 Å². The lowest BCUT2D eigenvalue weighted by molar-refractivity contribution is -0.135. The number of benzene rings is 1. The number of rotatable bonds is 7. The molecule has 0 saturated carbocycles. The van der Waals surface area contributed by atoms with Gasteiger partial charge in [0.05, 0.1) is 10.9 Å². The lowest BCUT2D eigenvalue weighted by Crippen LogP contribution is -2.45. The van der Waals surface area contributed by atoms with Crippen LogP contribution in [-0.4, -0.2) is 27.3 Å². The van der Waals surface area contributed by atoms with Crippen LogP contribution in [-0.2, 0) is 20.9 Å². The third-order valence-electron chi connectivity index (χ3n) is 5.28. The van der Waals surface area contributed by atoms with Gasteiger partial charge < -0.3 is 5.32 Å². The first kappa shape index (κ1) is 22.9. The van der Waals surface area contributed by atoms with Crippen LogP contribution in [0.5, 0.6) is 0 Å². The maximum absolute atomic E-state index is 13.4. The number of amides is 3. The molecular formula is C24H26N4O4. The van der Waals surface area contributed by atoms with Crippen molar-refractivity contribution >= 4 is 28.6 Å². The van der Waals surface area contributed by atoms with Crippen molar-refractivity contribution in [2.45, 2.75) is 45.7 Å². The fourth-order valence-corrected chi connectivity index (χ4v) is 3.69. The molecule has 3 rings (SSSR count). The monoisotopic (exact) mass is 434 g/mol. The van der Waals surface area contributed by atoms with Crippen molar-refractivity contribution in [1.29, 1.82) is 0 Å². The number of imide groups is 1. The van der Waals surface area contributed by atoms with E-state index in [2.05, 4.69) is 22.2 Å². The molecule has 0 radical (unpaired) electrons. The maximum Gasteiger partial charge on any atom is 0.262 e. The third kappa shape index (κ3) is 4.74. The van der Waals surface area contributed by atoms with Crippen molar-refractivity contribution in [2.24, 2.45) is 0 Å². The number of nitrogens with zero attached hydrogens (tertiary/aromatic N) is 2. The predicted octanol–water partition coefficient (Wildman–Crippen LogP) is 2.38. The molecule has 3 amide bonds. The van der Waals surface area contributed by atoms with Gasteiger partial charge in [-0.2, -0.15) is 0 Å². The van der Waals surface area contributed by atoms with Crippen LogP contribution in [0.2, 0.25) is 0 Å². The number of nitrogens with one attached hydrogen (secondary N) is 2. The Morgan fingerprint density at radius 2 is 2.12 bits per heavy atom. The van der Waals surface area contributed by atoms with Crippen LogP contribution in [0.4, 0.5) is 0 Å². The molecule has 166 valence electrons. The largest absolute Gasteiger partial charge is 0.348 e. The van der Waals surface area contributed by atoms with Crippen LogP contribution in [0, 0.1) is 6.92 Å². The minimum atomic E-state index is -0.805. The zero-order chi connectivity index (χ0) is 23.3. The molecule has 1 saturated heterocycles. The number of aryl methyl sites for hydroxylation is 1. The van der Waals surface area contributed by atoms with Crippen LogP contribution in [0.3, 0.4) is 0 Å². The van der Waals surface area contributed by atoms with E-state index in [1.807, 2.05) is 13.0 Å². The smallest absolute Gasteiger partial charge is 0.262 e. The second-order valence-corrected chi connectivity index (χ2v) is 7.46. The first-order valence-corrected chi connectivity index (χ1v) is 10.5. The van der Waals surface area contributed by atoms with Gasteiger partial charge in [-0.15, -0.1) is 0 Å². The first-order valence-electron chi connectivity index (χ1n) is 10.5. The highest BCUT2D eigenvalue weighted by Gasteiger charge is 2.30. The summed E-state index contributed by atoms with van der Waals surface area (Å²) in [5.74, 6) is -0.797. The van der Waals surface area contributed by atoms with E-state index in [1.54, 1.807) is 37.3 Å². The molecule has 1 unspecified atom stereocenters. The van der Waals surface area contributed by atoms with Crippen molar-refractivity contribution in [3.63, 3.8) is 0 Å². The molecule has 1 aromatic carbocycles. The summed E-state index contributed by atoms with van der Waals surface area (Å²) in [6, 6.07) is 4.42. The summed E-state index contributed by atoms with van der Waals surface area (Å²) in [7, 11) is 0. The molecule has 8 nitrogen and oxygen atoms in total.